The van der Waals surface area contributed by atoms with Crippen LogP contribution in [-0.2, 0) is 10.8 Å². The van der Waals surface area contributed by atoms with Gasteiger partial charge in [-0.25, -0.2) is 0 Å². The number of amides is 2. The fraction of sp³-hybridized carbons (Fsp3) is 0.222. The number of nitroso groups, excluding NO2 is 1. The van der Waals surface area contributed by atoms with Gasteiger partial charge in [0.15, 0.2) is 4.87 Å². The molecule has 134 valence electrons. The van der Waals surface area contributed by atoms with Gasteiger partial charge in [-0.15, -0.1) is 0 Å². The average Bonchev–Trinajstić information content (AvgIpc) is 2.90. The van der Waals surface area contributed by atoms with E-state index in [4.69, 9.17) is 5.84 Å². The molecule has 7 nitrogen and oxygen atoms in total. The Bertz CT molecular complexity index is 878. The maximum atomic E-state index is 12.3. The van der Waals surface area contributed by atoms with Gasteiger partial charge >= 0.3 is 0 Å². The van der Waals surface area contributed by atoms with Crippen LogP contribution in [0.2, 0.25) is 0 Å². The molecule has 0 bridgehead atoms. The van der Waals surface area contributed by atoms with Gasteiger partial charge in [0.25, 0.3) is 17.5 Å². The molecule has 26 heavy (non-hydrogen) atoms. The predicted octanol–water partition coefficient (Wildman–Crippen LogP) is 2.15. The third-order valence-corrected chi connectivity index (χ3v) is 5.61. The van der Waals surface area contributed by atoms with Gasteiger partial charge in [-0.3, -0.25) is 18.7 Å². The van der Waals surface area contributed by atoms with Gasteiger partial charge in [-0.05, 0) is 31.0 Å². The van der Waals surface area contributed by atoms with Gasteiger partial charge in [0.1, 0.15) is 0 Å². The largest absolute Gasteiger partial charge is 0.292 e. The molecule has 3 rings (SSSR count). The smallest absolute Gasteiger partial charge is 0.274 e. The molecule has 1 aliphatic heterocycles. The number of carbonyl (C=O) groups excluding carboxylic acids is 2. The molecule has 1 heterocycles. The topological polar surface area (TPSA) is 101 Å². The number of hydrazine groups is 1. The van der Waals surface area contributed by atoms with Gasteiger partial charge in [0, 0.05) is 29.3 Å². The summed E-state index contributed by atoms with van der Waals surface area (Å²) in [4.78, 5) is 37.6. The summed E-state index contributed by atoms with van der Waals surface area (Å²) in [5.74, 6) is 4.96. The van der Waals surface area contributed by atoms with Crippen molar-refractivity contribution in [3.63, 3.8) is 0 Å². The summed E-state index contributed by atoms with van der Waals surface area (Å²) in [5.41, 5.74) is 1.10. The lowest BCUT2D eigenvalue weighted by Gasteiger charge is -2.13. The van der Waals surface area contributed by atoms with E-state index in [9.17, 15) is 18.7 Å². The van der Waals surface area contributed by atoms with Gasteiger partial charge < -0.3 is 0 Å². The van der Waals surface area contributed by atoms with Gasteiger partial charge in [-0.1, -0.05) is 18.2 Å². The minimum Gasteiger partial charge on any atom is -0.274 e. The maximum Gasteiger partial charge on any atom is 0.292 e. The van der Waals surface area contributed by atoms with E-state index in [-0.39, 0.29) is 22.4 Å². The van der Waals surface area contributed by atoms with E-state index in [1.165, 1.54) is 17.0 Å². The molecule has 0 saturated carbocycles. The van der Waals surface area contributed by atoms with Crippen molar-refractivity contribution in [2.24, 2.45) is 5.84 Å². The number of imide groups is 1. The monoisotopic (exact) mass is 372 g/mol. The lowest BCUT2D eigenvalue weighted by molar-refractivity contribution is -0.474. The number of rotatable bonds is 7. The Morgan fingerprint density at radius 2 is 1.62 bits per heavy atom. The van der Waals surface area contributed by atoms with Crippen LogP contribution in [0.1, 0.15) is 33.6 Å². The Morgan fingerprint density at radius 3 is 2.23 bits per heavy atom. The first-order chi connectivity index (χ1) is 12.5. The van der Waals surface area contributed by atoms with Crippen LogP contribution in [0, 0.1) is 4.91 Å². The number of hydrogen-bond acceptors (Lipinski definition) is 4. The van der Waals surface area contributed by atoms with E-state index in [2.05, 4.69) is 0 Å². The Morgan fingerprint density at radius 1 is 0.962 bits per heavy atom. The lowest BCUT2D eigenvalue weighted by Crippen LogP contribution is -2.30. The van der Waals surface area contributed by atoms with E-state index in [1.54, 1.807) is 36.4 Å². The van der Waals surface area contributed by atoms with Crippen molar-refractivity contribution in [2.75, 3.05) is 12.3 Å². The van der Waals surface area contributed by atoms with Crippen LogP contribution in [0.25, 0.3) is 0 Å². The molecule has 0 aliphatic carbocycles. The third-order valence-electron chi connectivity index (χ3n) is 4.17. The highest BCUT2D eigenvalue weighted by Gasteiger charge is 2.34. The number of carbonyl (C=O) groups is 2. The van der Waals surface area contributed by atoms with Crippen molar-refractivity contribution in [1.82, 2.24) is 4.90 Å². The first-order valence-electron chi connectivity index (χ1n) is 8.14. The summed E-state index contributed by atoms with van der Waals surface area (Å²) in [6.45, 7) is 0.292. The zero-order valence-corrected chi connectivity index (χ0v) is 14.8. The second kappa shape index (κ2) is 7.57. The minimum atomic E-state index is -1.28. The van der Waals surface area contributed by atoms with Crippen molar-refractivity contribution < 1.29 is 18.7 Å². The van der Waals surface area contributed by atoms with Crippen LogP contribution >= 0.6 is 0 Å². The highest BCUT2D eigenvalue weighted by Crippen LogP contribution is 2.23. The summed E-state index contributed by atoms with van der Waals surface area (Å²) in [6, 6.07) is 13.1. The lowest BCUT2D eigenvalue weighted by atomic mass is 10.1. The van der Waals surface area contributed by atoms with Crippen molar-refractivity contribution in [1.29, 1.82) is 0 Å². The maximum absolute atomic E-state index is 12.3. The summed E-state index contributed by atoms with van der Waals surface area (Å²) < 4.78 is 12.3. The molecule has 8 heteroatoms. The van der Waals surface area contributed by atoms with Crippen molar-refractivity contribution in [2.45, 2.75) is 17.7 Å². The molecule has 2 aromatic rings. The quantitative estimate of drug-likeness (QED) is 0.264. The Balaban J connectivity index is 1.53. The van der Waals surface area contributed by atoms with Crippen molar-refractivity contribution >= 4 is 28.3 Å². The normalized spacial score (nSPS) is 14.4. The molecule has 1 aliphatic rings. The van der Waals surface area contributed by atoms with E-state index >= 15 is 0 Å². The van der Waals surface area contributed by atoms with Crippen molar-refractivity contribution in [3.05, 3.63) is 64.6 Å². The molecule has 0 fully saturated rings. The fourth-order valence-corrected chi connectivity index (χ4v) is 4.01. The molecular formula is C18H18N3O4S+. The van der Waals surface area contributed by atoms with Gasteiger partial charge in [0.2, 0.25) is 0 Å². The molecule has 2 aromatic carbocycles. The average molecular weight is 372 g/mol. The molecule has 1 unspecified atom stereocenters. The van der Waals surface area contributed by atoms with Crippen LogP contribution in [-0.4, -0.2) is 38.1 Å². The Labute approximate surface area is 152 Å². The zero-order chi connectivity index (χ0) is 18.7. The Kier molecular flexibility index (Phi) is 5.22. The molecule has 0 spiro atoms. The standard InChI is InChI=1S/C18H18N3O4S/c19-21(24)13-6-5-7-14(12-13)26(25)11-4-3-10-20-17(22)15-8-1-2-9-16(15)18(20)23/h1-2,5-9,12H,3-4,10-11H2,(H2,19,24)/q+1. The van der Waals surface area contributed by atoms with Crippen LogP contribution in [0.15, 0.2) is 53.4 Å². The SMILES string of the molecule is N[N+](=O)c1cccc(S(=O)CCCCN2C(=O)c3ccccc3C2=O)c1. The van der Waals surface area contributed by atoms with E-state index in [0.29, 0.717) is 41.2 Å². The molecule has 0 radical (unpaired) electrons. The number of hydrogen-bond donors (Lipinski definition) is 1. The van der Waals surface area contributed by atoms with Crippen LogP contribution < -0.4 is 5.84 Å². The summed E-state index contributed by atoms with van der Waals surface area (Å²) in [6.07, 6.45) is 1.13. The van der Waals surface area contributed by atoms with Crippen LogP contribution in [0.3, 0.4) is 0 Å². The number of unbranched alkanes of at least 4 members (excludes halogenated alkanes) is 1. The molecule has 0 aromatic heterocycles. The minimum absolute atomic E-state index is 0.225. The first-order valence-corrected chi connectivity index (χ1v) is 9.46. The second-order valence-corrected chi connectivity index (χ2v) is 7.46. The predicted molar refractivity (Wildman–Crippen MR) is 96.2 cm³/mol. The van der Waals surface area contributed by atoms with E-state index in [0.717, 1.165) is 0 Å². The molecular weight excluding hydrogens is 354 g/mol. The zero-order valence-electron chi connectivity index (χ0n) is 14.0. The molecule has 2 N–H and O–H groups in total. The van der Waals surface area contributed by atoms with E-state index < -0.39 is 10.8 Å². The fourth-order valence-electron chi connectivity index (χ4n) is 2.83. The molecule has 1 atom stereocenters. The van der Waals surface area contributed by atoms with Crippen LogP contribution in [0.5, 0.6) is 0 Å². The molecule has 2 amide bonds. The number of nitrogens with two attached hydrogens (primary N) is 1. The van der Waals surface area contributed by atoms with Crippen molar-refractivity contribution in [3.8, 4) is 0 Å². The summed E-state index contributed by atoms with van der Waals surface area (Å²) in [5, 5.41) is 0. The van der Waals surface area contributed by atoms with Gasteiger partial charge in [-0.2, -0.15) is 5.84 Å². The highest BCUT2D eigenvalue weighted by molar-refractivity contribution is 7.85. The summed E-state index contributed by atoms with van der Waals surface area (Å²) in [7, 11) is -1.28. The van der Waals surface area contributed by atoms with E-state index in [1.807, 2.05) is 0 Å². The first kappa shape index (κ1) is 17.9. The van der Waals surface area contributed by atoms with Gasteiger partial charge in [0.05, 0.1) is 26.8 Å². The number of nitrogens with zero attached hydrogens (tertiary/aromatic N) is 2. The van der Waals surface area contributed by atoms with Crippen LogP contribution in [0.4, 0.5) is 5.69 Å². The number of fused-ring (bicyclic) bond motifs is 1. The third kappa shape index (κ3) is 3.55. The highest BCUT2D eigenvalue weighted by atomic mass is 32.2. The Hall–Kier alpha value is -2.87. The molecule has 0 saturated heterocycles. The summed E-state index contributed by atoms with van der Waals surface area (Å²) >= 11 is 0. The number of benzene rings is 2. The second-order valence-electron chi connectivity index (χ2n) is 5.89.